The zero-order valence-electron chi connectivity index (χ0n) is 9.39. The van der Waals surface area contributed by atoms with Gasteiger partial charge < -0.3 is 20.7 Å². The van der Waals surface area contributed by atoms with Gasteiger partial charge in [-0.25, -0.2) is 9.97 Å². The molecule has 1 fully saturated rings. The van der Waals surface area contributed by atoms with Crippen LogP contribution < -0.4 is 5.73 Å². The SMILES string of the molecule is C=C1O[C@@H](n2ccc3c(N)ncnc32)[C@H](O)[C@@H]1O. The molecule has 1 saturated heterocycles. The summed E-state index contributed by atoms with van der Waals surface area (Å²) in [6, 6.07) is 1.73. The first-order valence-corrected chi connectivity index (χ1v) is 5.38. The number of aliphatic hydroxyl groups is 2. The van der Waals surface area contributed by atoms with Crippen molar-refractivity contribution in [3.05, 3.63) is 30.9 Å². The molecule has 2 aromatic heterocycles. The number of nitrogens with two attached hydrogens (primary N) is 1. The first-order chi connectivity index (χ1) is 8.59. The second-order valence-electron chi connectivity index (χ2n) is 4.13. The Balaban J connectivity index is 2.11. The summed E-state index contributed by atoms with van der Waals surface area (Å²) in [5, 5.41) is 20.2. The highest BCUT2D eigenvalue weighted by molar-refractivity contribution is 5.86. The minimum Gasteiger partial charge on any atom is -0.469 e. The van der Waals surface area contributed by atoms with Crippen molar-refractivity contribution in [2.75, 3.05) is 5.73 Å². The van der Waals surface area contributed by atoms with E-state index in [1.807, 2.05) is 0 Å². The predicted octanol–water partition coefficient (Wildman–Crippen LogP) is -0.222. The summed E-state index contributed by atoms with van der Waals surface area (Å²) in [5.74, 6) is 0.488. The maximum atomic E-state index is 9.90. The molecule has 0 aromatic carbocycles. The van der Waals surface area contributed by atoms with E-state index in [1.165, 1.54) is 6.33 Å². The molecule has 18 heavy (non-hydrogen) atoms. The lowest BCUT2D eigenvalue weighted by Gasteiger charge is -2.16. The van der Waals surface area contributed by atoms with Gasteiger partial charge in [0.25, 0.3) is 0 Å². The molecule has 0 bridgehead atoms. The fourth-order valence-electron chi connectivity index (χ4n) is 2.06. The lowest BCUT2D eigenvalue weighted by Crippen LogP contribution is -2.27. The molecule has 1 aliphatic heterocycles. The Labute approximate surface area is 102 Å². The summed E-state index contributed by atoms with van der Waals surface area (Å²) in [6.07, 6.45) is 0.0468. The molecule has 3 heterocycles. The molecule has 4 N–H and O–H groups in total. The van der Waals surface area contributed by atoms with Crippen molar-refractivity contribution in [1.82, 2.24) is 14.5 Å². The molecule has 0 amide bonds. The summed E-state index contributed by atoms with van der Waals surface area (Å²) in [4.78, 5) is 7.98. The highest BCUT2D eigenvalue weighted by Gasteiger charge is 2.40. The molecule has 0 unspecified atom stereocenters. The van der Waals surface area contributed by atoms with E-state index in [2.05, 4.69) is 16.5 Å². The van der Waals surface area contributed by atoms with Crippen molar-refractivity contribution in [2.24, 2.45) is 0 Å². The van der Waals surface area contributed by atoms with Crippen LogP contribution in [-0.2, 0) is 4.74 Å². The van der Waals surface area contributed by atoms with Gasteiger partial charge in [-0.3, -0.25) is 4.57 Å². The standard InChI is InChI=1S/C11H12N4O3/c1-5-7(16)8(17)11(18-5)15-3-2-6-9(12)13-4-14-10(6)15/h2-4,7-8,11,16-17H,1H2,(H2,12,13,14)/t7-,8-,11-/m1/s1. The van der Waals surface area contributed by atoms with Gasteiger partial charge >= 0.3 is 0 Å². The van der Waals surface area contributed by atoms with Gasteiger partial charge in [-0.15, -0.1) is 0 Å². The summed E-state index contributed by atoms with van der Waals surface area (Å²) < 4.78 is 6.94. The Morgan fingerprint density at radius 2 is 2.17 bits per heavy atom. The molecule has 3 rings (SSSR count). The number of hydrogen-bond donors (Lipinski definition) is 3. The summed E-state index contributed by atoms with van der Waals surface area (Å²) in [6.45, 7) is 3.54. The lowest BCUT2D eigenvalue weighted by molar-refractivity contribution is -0.0115. The monoisotopic (exact) mass is 248 g/mol. The smallest absolute Gasteiger partial charge is 0.206 e. The van der Waals surface area contributed by atoms with Crippen LogP contribution in [0.2, 0.25) is 0 Å². The van der Waals surface area contributed by atoms with Crippen LogP contribution in [0, 0.1) is 0 Å². The van der Waals surface area contributed by atoms with E-state index in [-0.39, 0.29) is 5.76 Å². The normalized spacial score (nSPS) is 27.7. The number of hydrogen-bond acceptors (Lipinski definition) is 6. The third kappa shape index (κ3) is 1.38. The number of fused-ring (bicyclic) bond motifs is 1. The maximum Gasteiger partial charge on any atom is 0.206 e. The summed E-state index contributed by atoms with van der Waals surface area (Å²) >= 11 is 0. The molecule has 0 aliphatic carbocycles. The number of nitrogens with zero attached hydrogens (tertiary/aromatic N) is 3. The lowest BCUT2D eigenvalue weighted by atomic mass is 10.2. The Morgan fingerprint density at radius 3 is 2.83 bits per heavy atom. The Bertz CT molecular complexity index is 624. The van der Waals surface area contributed by atoms with Crippen molar-refractivity contribution in [3.8, 4) is 0 Å². The van der Waals surface area contributed by atoms with Crippen LogP contribution >= 0.6 is 0 Å². The average molecular weight is 248 g/mol. The summed E-state index contributed by atoms with van der Waals surface area (Å²) in [7, 11) is 0. The van der Waals surface area contributed by atoms with Crippen LogP contribution in [0.15, 0.2) is 30.9 Å². The van der Waals surface area contributed by atoms with Crippen LogP contribution in [0.5, 0.6) is 0 Å². The quantitative estimate of drug-likeness (QED) is 0.644. The van der Waals surface area contributed by atoms with Crippen LogP contribution in [0.3, 0.4) is 0 Å². The first-order valence-electron chi connectivity index (χ1n) is 5.38. The molecule has 7 heteroatoms. The van der Waals surface area contributed by atoms with Gasteiger partial charge in [0, 0.05) is 6.20 Å². The minimum absolute atomic E-state index is 0.136. The van der Waals surface area contributed by atoms with Crippen molar-refractivity contribution >= 4 is 16.9 Å². The van der Waals surface area contributed by atoms with E-state index < -0.39 is 18.4 Å². The molecule has 7 nitrogen and oxygen atoms in total. The molecule has 2 aromatic rings. The highest BCUT2D eigenvalue weighted by Crippen LogP contribution is 2.33. The highest BCUT2D eigenvalue weighted by atomic mass is 16.5. The van der Waals surface area contributed by atoms with E-state index >= 15 is 0 Å². The van der Waals surface area contributed by atoms with E-state index in [0.717, 1.165) is 0 Å². The molecule has 0 spiro atoms. The van der Waals surface area contributed by atoms with Gasteiger partial charge in [0.1, 0.15) is 35.8 Å². The Morgan fingerprint density at radius 1 is 1.39 bits per heavy atom. The van der Waals surface area contributed by atoms with Crippen LogP contribution in [0.1, 0.15) is 6.23 Å². The van der Waals surface area contributed by atoms with Gasteiger partial charge in [0.2, 0.25) is 6.23 Å². The van der Waals surface area contributed by atoms with E-state index in [4.69, 9.17) is 10.5 Å². The van der Waals surface area contributed by atoms with E-state index in [9.17, 15) is 10.2 Å². The molecule has 3 atom stereocenters. The van der Waals surface area contributed by atoms with Crippen LogP contribution in [-0.4, -0.2) is 37.0 Å². The second kappa shape index (κ2) is 3.69. The average Bonchev–Trinajstić information content (AvgIpc) is 2.88. The van der Waals surface area contributed by atoms with Crippen LogP contribution in [0.25, 0.3) is 11.0 Å². The zero-order chi connectivity index (χ0) is 12.9. The van der Waals surface area contributed by atoms with Gasteiger partial charge in [-0.2, -0.15) is 0 Å². The van der Waals surface area contributed by atoms with Crippen molar-refractivity contribution < 1.29 is 14.9 Å². The second-order valence-corrected chi connectivity index (χ2v) is 4.13. The van der Waals surface area contributed by atoms with Crippen molar-refractivity contribution in [3.63, 3.8) is 0 Å². The number of ether oxygens (including phenoxy) is 1. The number of anilines is 1. The Kier molecular flexibility index (Phi) is 2.25. The van der Waals surface area contributed by atoms with Crippen molar-refractivity contribution in [1.29, 1.82) is 0 Å². The largest absolute Gasteiger partial charge is 0.469 e. The van der Waals surface area contributed by atoms with Gasteiger partial charge in [-0.05, 0) is 6.07 Å². The number of aromatic nitrogens is 3. The molecule has 0 radical (unpaired) electrons. The molecule has 94 valence electrons. The molecule has 1 aliphatic rings. The molecule has 0 saturated carbocycles. The molecular weight excluding hydrogens is 236 g/mol. The zero-order valence-corrected chi connectivity index (χ0v) is 9.39. The third-order valence-corrected chi connectivity index (χ3v) is 3.03. The Hall–Kier alpha value is -2.12. The van der Waals surface area contributed by atoms with E-state index in [1.54, 1.807) is 16.8 Å². The fourth-order valence-corrected chi connectivity index (χ4v) is 2.06. The third-order valence-electron chi connectivity index (χ3n) is 3.03. The first kappa shape index (κ1) is 11.0. The van der Waals surface area contributed by atoms with Gasteiger partial charge in [0.05, 0.1) is 5.39 Å². The van der Waals surface area contributed by atoms with Crippen molar-refractivity contribution in [2.45, 2.75) is 18.4 Å². The van der Waals surface area contributed by atoms with E-state index in [0.29, 0.717) is 16.9 Å². The molecular formula is C11H12N4O3. The topological polar surface area (TPSA) is 106 Å². The fraction of sp³-hybridized carbons (Fsp3) is 0.273. The minimum atomic E-state index is -1.10. The van der Waals surface area contributed by atoms with Crippen LogP contribution in [0.4, 0.5) is 5.82 Å². The van der Waals surface area contributed by atoms with Gasteiger partial charge in [-0.1, -0.05) is 6.58 Å². The number of nitrogen functional groups attached to an aromatic ring is 1. The number of aliphatic hydroxyl groups excluding tert-OH is 2. The summed E-state index contributed by atoms with van der Waals surface area (Å²) in [5.41, 5.74) is 6.26. The van der Waals surface area contributed by atoms with Gasteiger partial charge in [0.15, 0.2) is 0 Å². The predicted molar refractivity (Wildman–Crippen MR) is 63.2 cm³/mol. The maximum absolute atomic E-state index is 9.90. The number of rotatable bonds is 1.